The lowest BCUT2D eigenvalue weighted by Gasteiger charge is -2.53. The summed E-state index contributed by atoms with van der Waals surface area (Å²) in [6, 6.07) is 0. The molecule has 0 N–H and O–H groups in total. The van der Waals surface area contributed by atoms with Crippen molar-refractivity contribution in [2.24, 2.45) is 16.2 Å². The van der Waals surface area contributed by atoms with Gasteiger partial charge in [0.15, 0.2) is 0 Å². The average molecular weight is 452 g/mol. The molecule has 4 nitrogen and oxygen atoms in total. The number of carbonyl (C=O) groups excluding carboxylic acids is 2. The zero-order valence-electron chi connectivity index (χ0n) is 18.9. The number of ether oxygens (including phenoxy) is 2. The fraction of sp³-hybridized carbons (Fsp3) is 0.636. The molecule has 0 aliphatic carbocycles. The van der Waals surface area contributed by atoms with E-state index in [9.17, 15) is 31.5 Å². The molecule has 176 valence electrons. The van der Waals surface area contributed by atoms with E-state index in [1.165, 1.54) is 0 Å². The topological polar surface area (TPSA) is 52.6 Å². The van der Waals surface area contributed by atoms with Crippen LogP contribution in [0.5, 0.6) is 5.75 Å². The highest BCUT2D eigenvalue weighted by molar-refractivity contribution is 5.78. The summed E-state index contributed by atoms with van der Waals surface area (Å²) in [7, 11) is 0. The Morgan fingerprint density at radius 1 is 0.774 bits per heavy atom. The summed E-state index contributed by atoms with van der Waals surface area (Å²) in [5, 5.41) is 0. The summed E-state index contributed by atoms with van der Waals surface area (Å²) < 4.78 is 76.7. The number of rotatable bonds is 9. The summed E-state index contributed by atoms with van der Waals surface area (Å²) in [6.45, 7) is 12.7. The molecule has 0 spiro atoms. The van der Waals surface area contributed by atoms with Crippen molar-refractivity contribution in [1.82, 2.24) is 0 Å². The fourth-order valence-electron chi connectivity index (χ4n) is 3.50. The van der Waals surface area contributed by atoms with Crippen LogP contribution in [0.4, 0.5) is 26.7 Å². The number of hydrogen-bond acceptors (Lipinski definition) is 4. The van der Waals surface area contributed by atoms with Crippen molar-refractivity contribution < 1.29 is 41.0 Å². The van der Waals surface area contributed by atoms with E-state index in [4.69, 9.17) is 4.74 Å². The summed E-state index contributed by atoms with van der Waals surface area (Å²) >= 11 is 0. The van der Waals surface area contributed by atoms with Crippen molar-refractivity contribution in [3.05, 3.63) is 29.1 Å². The molecule has 0 aromatic heterocycles. The summed E-state index contributed by atoms with van der Waals surface area (Å²) in [5.74, 6) is -13.1. The van der Waals surface area contributed by atoms with Gasteiger partial charge in [-0.3, -0.25) is 4.79 Å². The van der Waals surface area contributed by atoms with Gasteiger partial charge in [-0.2, -0.15) is 8.78 Å². The Morgan fingerprint density at radius 2 is 1.23 bits per heavy atom. The minimum Gasteiger partial charge on any atom is -0.433 e. The molecular formula is C22H29F5O4. The van der Waals surface area contributed by atoms with E-state index in [0.29, 0.717) is 12.8 Å². The molecule has 0 bridgehead atoms. The normalized spacial score (nSPS) is 14.2. The molecule has 0 aliphatic heterocycles. The van der Waals surface area contributed by atoms with Crippen LogP contribution in [0.25, 0.3) is 0 Å². The van der Waals surface area contributed by atoms with E-state index in [1.807, 2.05) is 41.5 Å². The number of Topliss-reactive ketones (excluding diaryl/α,β-unsaturated/α-hetero) is 1. The van der Waals surface area contributed by atoms with Crippen molar-refractivity contribution in [3.63, 3.8) is 0 Å². The molecule has 0 aliphatic rings. The van der Waals surface area contributed by atoms with Crippen molar-refractivity contribution in [3.8, 4) is 5.75 Å². The van der Waals surface area contributed by atoms with Gasteiger partial charge in [-0.15, -0.1) is 0 Å². The number of ketones is 1. The van der Waals surface area contributed by atoms with Crippen LogP contribution in [0, 0.1) is 45.3 Å². The Bertz CT molecular complexity index is 822. The first kappa shape index (κ1) is 26.8. The molecule has 0 heterocycles. The van der Waals surface area contributed by atoms with Crippen molar-refractivity contribution in [1.29, 1.82) is 0 Å². The number of carbonyl (C=O) groups is 2. The maximum absolute atomic E-state index is 13.8. The molecule has 0 amide bonds. The van der Waals surface area contributed by atoms with E-state index < -0.39 is 57.2 Å². The van der Waals surface area contributed by atoms with Gasteiger partial charge in [0.1, 0.15) is 12.4 Å². The summed E-state index contributed by atoms with van der Waals surface area (Å²) in [4.78, 5) is 24.2. The average Bonchev–Trinajstić information content (AvgIpc) is 2.71. The predicted octanol–water partition coefficient (Wildman–Crippen LogP) is 6.74. The first-order valence-corrected chi connectivity index (χ1v) is 9.94. The highest BCUT2D eigenvalue weighted by Crippen LogP contribution is 2.55. The third kappa shape index (κ3) is 5.18. The van der Waals surface area contributed by atoms with Gasteiger partial charge in [0, 0.05) is 18.3 Å². The molecule has 9 heteroatoms. The van der Waals surface area contributed by atoms with E-state index in [1.54, 1.807) is 6.92 Å². The molecule has 0 radical (unpaired) electrons. The summed E-state index contributed by atoms with van der Waals surface area (Å²) in [6.07, 6.45) is -0.461. The van der Waals surface area contributed by atoms with Crippen molar-refractivity contribution >= 4 is 11.9 Å². The zero-order valence-corrected chi connectivity index (χ0v) is 18.9. The van der Waals surface area contributed by atoms with E-state index >= 15 is 0 Å². The van der Waals surface area contributed by atoms with Crippen molar-refractivity contribution in [2.75, 3.05) is 6.61 Å². The van der Waals surface area contributed by atoms with Gasteiger partial charge in [-0.25, -0.2) is 18.0 Å². The van der Waals surface area contributed by atoms with Crippen LogP contribution in [0.3, 0.4) is 0 Å². The molecule has 1 atom stereocenters. The zero-order chi connectivity index (χ0) is 24.4. The van der Waals surface area contributed by atoms with Crippen LogP contribution in [-0.2, 0) is 9.53 Å². The minimum atomic E-state index is -2.37. The van der Waals surface area contributed by atoms with Gasteiger partial charge in [0.05, 0.1) is 0 Å². The molecule has 0 saturated heterocycles. The van der Waals surface area contributed by atoms with E-state index in [2.05, 4.69) is 4.74 Å². The second-order valence-corrected chi connectivity index (χ2v) is 9.06. The SMILES string of the molecule is CCC(=O)CC(C)(C)C(C)(COC(=O)Oc1c(F)c(F)c(F)c(F)c1F)C(C)(C)CC. The smallest absolute Gasteiger partial charge is 0.433 e. The Morgan fingerprint density at radius 3 is 1.65 bits per heavy atom. The van der Waals surface area contributed by atoms with Crippen molar-refractivity contribution in [2.45, 2.75) is 67.7 Å². The number of hydrogen-bond donors (Lipinski definition) is 0. The first-order chi connectivity index (χ1) is 14.1. The largest absolute Gasteiger partial charge is 0.514 e. The lowest BCUT2D eigenvalue weighted by atomic mass is 9.52. The van der Waals surface area contributed by atoms with Gasteiger partial charge in [0.2, 0.25) is 34.8 Å². The predicted molar refractivity (Wildman–Crippen MR) is 104 cm³/mol. The van der Waals surface area contributed by atoms with Crippen LogP contribution < -0.4 is 4.74 Å². The van der Waals surface area contributed by atoms with Gasteiger partial charge in [-0.05, 0) is 10.8 Å². The quantitative estimate of drug-likeness (QED) is 0.137. The van der Waals surface area contributed by atoms with E-state index in [0.717, 1.165) is 0 Å². The highest BCUT2D eigenvalue weighted by Gasteiger charge is 2.52. The van der Waals surface area contributed by atoms with E-state index in [-0.39, 0.29) is 18.8 Å². The standard InChI is InChI=1S/C22H29F5O4/c1-8-12(28)10-21(5,6)22(7,20(3,4)9-2)11-30-19(29)31-18-16(26)14(24)13(23)15(25)17(18)27/h8-11H2,1-7H3. The van der Waals surface area contributed by atoms with Gasteiger partial charge in [0.25, 0.3) is 0 Å². The third-order valence-corrected chi connectivity index (χ3v) is 6.74. The maximum Gasteiger partial charge on any atom is 0.514 e. The first-order valence-electron chi connectivity index (χ1n) is 9.94. The molecule has 1 aromatic carbocycles. The van der Waals surface area contributed by atoms with Crippen LogP contribution in [0.1, 0.15) is 67.7 Å². The Hall–Kier alpha value is -2.19. The Balaban J connectivity index is 3.18. The lowest BCUT2D eigenvalue weighted by molar-refractivity contribution is -0.130. The molecular weight excluding hydrogens is 423 g/mol. The van der Waals surface area contributed by atoms with Gasteiger partial charge >= 0.3 is 6.16 Å². The minimum absolute atomic E-state index is 0.00658. The van der Waals surface area contributed by atoms with Gasteiger partial charge < -0.3 is 9.47 Å². The fourth-order valence-corrected chi connectivity index (χ4v) is 3.50. The van der Waals surface area contributed by atoms with Crippen LogP contribution in [-0.4, -0.2) is 18.5 Å². The maximum atomic E-state index is 13.8. The Labute approximate surface area is 179 Å². The highest BCUT2D eigenvalue weighted by atomic mass is 19.2. The van der Waals surface area contributed by atoms with Crippen LogP contribution in [0.15, 0.2) is 0 Å². The second-order valence-electron chi connectivity index (χ2n) is 9.06. The number of benzene rings is 1. The van der Waals surface area contributed by atoms with Crippen LogP contribution in [0.2, 0.25) is 0 Å². The number of halogens is 5. The molecule has 1 rings (SSSR count). The molecule has 31 heavy (non-hydrogen) atoms. The molecule has 1 aromatic rings. The monoisotopic (exact) mass is 452 g/mol. The van der Waals surface area contributed by atoms with Gasteiger partial charge in [-0.1, -0.05) is 54.9 Å². The molecule has 1 unspecified atom stereocenters. The second kappa shape index (κ2) is 9.53. The Kier molecular flexibility index (Phi) is 8.25. The summed E-state index contributed by atoms with van der Waals surface area (Å²) in [5.41, 5.74) is -1.94. The molecule has 0 fully saturated rings. The third-order valence-electron chi connectivity index (χ3n) is 6.74. The molecule has 0 saturated carbocycles. The lowest BCUT2D eigenvalue weighted by Crippen LogP contribution is -2.51. The van der Waals surface area contributed by atoms with Crippen LogP contribution >= 0.6 is 0 Å².